The molecule has 132 valence electrons. The monoisotopic (exact) mass is 343 g/mol. The molecule has 0 saturated carbocycles. The zero-order valence-electron chi connectivity index (χ0n) is 14.2. The van der Waals surface area contributed by atoms with Crippen molar-refractivity contribution in [3.05, 3.63) is 54.5 Å². The molecule has 1 N–H and O–H groups in total. The lowest BCUT2D eigenvalue weighted by molar-refractivity contribution is -0.128. The SMILES string of the molecule is CC(Oc1cccc(F)c1)C(=O)NC1CCN(c2ccccn2)CC1. The first-order valence-corrected chi connectivity index (χ1v) is 8.50. The summed E-state index contributed by atoms with van der Waals surface area (Å²) in [6.07, 6.45) is 2.83. The fourth-order valence-electron chi connectivity index (χ4n) is 2.91. The van der Waals surface area contributed by atoms with E-state index in [9.17, 15) is 9.18 Å². The molecular formula is C19H22FN3O2. The molecule has 6 heteroatoms. The highest BCUT2D eigenvalue weighted by molar-refractivity contribution is 5.81. The summed E-state index contributed by atoms with van der Waals surface area (Å²) in [5, 5.41) is 3.02. The van der Waals surface area contributed by atoms with Crippen LogP contribution in [0.5, 0.6) is 5.75 Å². The highest BCUT2D eigenvalue weighted by Gasteiger charge is 2.24. The number of ether oxygens (including phenoxy) is 1. The number of aromatic nitrogens is 1. The van der Waals surface area contributed by atoms with Gasteiger partial charge in [-0.15, -0.1) is 0 Å². The number of pyridine rings is 1. The number of carbonyl (C=O) groups is 1. The predicted octanol–water partition coefficient (Wildman–Crippen LogP) is 2.77. The maximum absolute atomic E-state index is 13.2. The number of halogens is 1. The summed E-state index contributed by atoms with van der Waals surface area (Å²) in [5.74, 6) is 0.759. The van der Waals surface area contributed by atoms with E-state index >= 15 is 0 Å². The lowest BCUT2D eigenvalue weighted by Gasteiger charge is -2.33. The van der Waals surface area contributed by atoms with Gasteiger partial charge in [-0.05, 0) is 44.0 Å². The van der Waals surface area contributed by atoms with E-state index in [0.29, 0.717) is 5.75 Å². The van der Waals surface area contributed by atoms with E-state index in [1.54, 1.807) is 25.3 Å². The van der Waals surface area contributed by atoms with Gasteiger partial charge in [0.1, 0.15) is 17.4 Å². The van der Waals surface area contributed by atoms with Gasteiger partial charge in [-0.3, -0.25) is 4.79 Å². The number of rotatable bonds is 5. The number of hydrogen-bond acceptors (Lipinski definition) is 4. The molecule has 0 spiro atoms. The van der Waals surface area contributed by atoms with Crippen molar-refractivity contribution >= 4 is 11.7 Å². The van der Waals surface area contributed by atoms with Crippen molar-refractivity contribution in [2.45, 2.75) is 31.9 Å². The quantitative estimate of drug-likeness (QED) is 0.907. The zero-order valence-corrected chi connectivity index (χ0v) is 14.2. The Morgan fingerprint density at radius 2 is 2.08 bits per heavy atom. The number of nitrogens with one attached hydrogen (secondary N) is 1. The molecule has 1 amide bonds. The molecule has 1 atom stereocenters. The number of amides is 1. The third kappa shape index (κ3) is 4.68. The summed E-state index contributed by atoms with van der Waals surface area (Å²) < 4.78 is 18.7. The number of piperidine rings is 1. The second-order valence-corrected chi connectivity index (χ2v) is 6.18. The van der Waals surface area contributed by atoms with Crippen molar-refractivity contribution in [2.75, 3.05) is 18.0 Å². The van der Waals surface area contributed by atoms with Crippen LogP contribution in [0.3, 0.4) is 0 Å². The number of nitrogens with zero attached hydrogens (tertiary/aromatic N) is 2. The minimum absolute atomic E-state index is 0.117. The van der Waals surface area contributed by atoms with Gasteiger partial charge in [-0.2, -0.15) is 0 Å². The largest absolute Gasteiger partial charge is 0.481 e. The summed E-state index contributed by atoms with van der Waals surface area (Å²) in [6.45, 7) is 3.37. The van der Waals surface area contributed by atoms with E-state index in [0.717, 1.165) is 31.7 Å². The van der Waals surface area contributed by atoms with Crippen molar-refractivity contribution < 1.29 is 13.9 Å². The first-order chi connectivity index (χ1) is 12.1. The Bertz CT molecular complexity index is 703. The Balaban J connectivity index is 1.47. The lowest BCUT2D eigenvalue weighted by atomic mass is 10.0. The molecule has 2 aromatic rings. The standard InChI is InChI=1S/C19H22FN3O2/c1-14(25-17-6-4-5-15(20)13-17)19(24)22-16-8-11-23(12-9-16)18-7-2-3-10-21-18/h2-7,10,13-14,16H,8-9,11-12H2,1H3,(H,22,24). The Kier molecular flexibility index (Phi) is 5.48. The van der Waals surface area contributed by atoms with Crippen molar-refractivity contribution in [1.82, 2.24) is 10.3 Å². The summed E-state index contributed by atoms with van der Waals surface area (Å²) in [5.41, 5.74) is 0. The van der Waals surface area contributed by atoms with Crippen molar-refractivity contribution in [2.24, 2.45) is 0 Å². The Morgan fingerprint density at radius 3 is 2.76 bits per heavy atom. The molecule has 0 bridgehead atoms. The molecule has 2 heterocycles. The molecule has 3 rings (SSSR count). The summed E-state index contributed by atoms with van der Waals surface area (Å²) in [4.78, 5) is 18.9. The van der Waals surface area contributed by atoms with Crippen LogP contribution in [0.2, 0.25) is 0 Å². The van der Waals surface area contributed by atoms with E-state index in [-0.39, 0.29) is 17.8 Å². The van der Waals surface area contributed by atoms with Gasteiger partial charge in [0.2, 0.25) is 0 Å². The molecule has 5 nitrogen and oxygen atoms in total. The summed E-state index contributed by atoms with van der Waals surface area (Å²) in [6, 6.07) is 11.8. The third-order valence-corrected chi connectivity index (χ3v) is 4.29. The molecule has 0 radical (unpaired) electrons. The van der Waals surface area contributed by atoms with Crippen molar-refractivity contribution in [1.29, 1.82) is 0 Å². The van der Waals surface area contributed by atoms with Gasteiger partial charge in [0.25, 0.3) is 5.91 Å². The van der Waals surface area contributed by atoms with Crippen LogP contribution in [0.4, 0.5) is 10.2 Å². The van der Waals surface area contributed by atoms with Crippen LogP contribution >= 0.6 is 0 Å². The van der Waals surface area contributed by atoms with E-state index in [4.69, 9.17) is 4.74 Å². The van der Waals surface area contributed by atoms with E-state index in [2.05, 4.69) is 15.2 Å². The number of benzene rings is 1. The average Bonchev–Trinajstić information content (AvgIpc) is 2.63. The molecule has 1 aliphatic rings. The van der Waals surface area contributed by atoms with Crippen molar-refractivity contribution in [3.8, 4) is 5.75 Å². The first kappa shape index (κ1) is 17.2. The highest BCUT2D eigenvalue weighted by Crippen LogP contribution is 2.18. The normalized spacial score (nSPS) is 16.3. The molecule has 1 aromatic heterocycles. The third-order valence-electron chi connectivity index (χ3n) is 4.29. The van der Waals surface area contributed by atoms with Gasteiger partial charge in [0.15, 0.2) is 6.10 Å². The van der Waals surface area contributed by atoms with Crippen molar-refractivity contribution in [3.63, 3.8) is 0 Å². The highest BCUT2D eigenvalue weighted by atomic mass is 19.1. The average molecular weight is 343 g/mol. The van der Waals surface area contributed by atoms with E-state index in [1.165, 1.54) is 12.1 Å². The number of carbonyl (C=O) groups excluding carboxylic acids is 1. The van der Waals surface area contributed by atoms with Crippen LogP contribution < -0.4 is 15.0 Å². The van der Waals surface area contributed by atoms with Gasteiger partial charge in [0, 0.05) is 31.4 Å². The maximum atomic E-state index is 13.2. The van der Waals surface area contributed by atoms with Crippen LogP contribution in [0.15, 0.2) is 48.7 Å². The van der Waals surface area contributed by atoms with Gasteiger partial charge in [-0.1, -0.05) is 12.1 Å². The van der Waals surface area contributed by atoms with E-state index < -0.39 is 6.10 Å². The number of hydrogen-bond donors (Lipinski definition) is 1. The Labute approximate surface area is 146 Å². The molecular weight excluding hydrogens is 321 g/mol. The van der Waals surface area contributed by atoms with Crippen LogP contribution in [-0.4, -0.2) is 36.1 Å². The second-order valence-electron chi connectivity index (χ2n) is 6.18. The Hall–Kier alpha value is -2.63. The van der Waals surface area contributed by atoms with Gasteiger partial charge in [0.05, 0.1) is 0 Å². The smallest absolute Gasteiger partial charge is 0.260 e. The second kappa shape index (κ2) is 7.96. The maximum Gasteiger partial charge on any atom is 0.260 e. The lowest BCUT2D eigenvalue weighted by Crippen LogP contribution is -2.48. The molecule has 1 saturated heterocycles. The minimum atomic E-state index is -0.671. The molecule has 1 unspecified atom stereocenters. The zero-order chi connectivity index (χ0) is 17.6. The van der Waals surface area contributed by atoms with Crippen LogP contribution in [0, 0.1) is 5.82 Å². The predicted molar refractivity (Wildman–Crippen MR) is 94.1 cm³/mol. The molecule has 25 heavy (non-hydrogen) atoms. The van der Waals surface area contributed by atoms with Gasteiger partial charge >= 0.3 is 0 Å². The summed E-state index contributed by atoms with van der Waals surface area (Å²) >= 11 is 0. The topological polar surface area (TPSA) is 54.5 Å². The molecule has 1 aromatic carbocycles. The fraction of sp³-hybridized carbons (Fsp3) is 0.368. The Morgan fingerprint density at radius 1 is 1.28 bits per heavy atom. The molecule has 1 fully saturated rings. The molecule has 1 aliphatic heterocycles. The fourth-order valence-corrected chi connectivity index (χ4v) is 2.91. The van der Waals surface area contributed by atoms with Gasteiger partial charge < -0.3 is 15.0 Å². The minimum Gasteiger partial charge on any atom is -0.481 e. The number of anilines is 1. The first-order valence-electron chi connectivity index (χ1n) is 8.50. The summed E-state index contributed by atoms with van der Waals surface area (Å²) in [7, 11) is 0. The van der Waals surface area contributed by atoms with Gasteiger partial charge in [-0.25, -0.2) is 9.37 Å². The van der Waals surface area contributed by atoms with Crippen LogP contribution in [0.1, 0.15) is 19.8 Å². The van der Waals surface area contributed by atoms with Crippen LogP contribution in [0.25, 0.3) is 0 Å². The molecule has 0 aliphatic carbocycles. The van der Waals surface area contributed by atoms with Crippen LogP contribution in [-0.2, 0) is 4.79 Å². The van der Waals surface area contributed by atoms with E-state index in [1.807, 2.05) is 18.2 Å².